The number of rotatable bonds is 4. The first-order valence-corrected chi connectivity index (χ1v) is 8.18. The zero-order valence-electron chi connectivity index (χ0n) is 11.0. The van der Waals surface area contributed by atoms with Crippen LogP contribution in [0.15, 0.2) is 17.0 Å². The summed E-state index contributed by atoms with van der Waals surface area (Å²) < 4.78 is 40.2. The molecule has 0 aliphatic heterocycles. The first kappa shape index (κ1) is 14.8. The van der Waals surface area contributed by atoms with Gasteiger partial charge in [-0.15, -0.1) is 11.6 Å². The Kier molecular flexibility index (Phi) is 4.18. The number of alkyl halides is 1. The molecule has 106 valence electrons. The van der Waals surface area contributed by atoms with Crippen molar-refractivity contribution in [3.05, 3.63) is 29.1 Å². The molecule has 0 heterocycles. The number of halogens is 2. The highest BCUT2D eigenvalue weighted by Gasteiger charge is 2.33. The number of nitrogens with zero attached hydrogens (tertiary/aromatic N) is 1. The van der Waals surface area contributed by atoms with Gasteiger partial charge in [0, 0.05) is 24.5 Å². The average Bonchev–Trinajstić information content (AvgIpc) is 2.29. The molecule has 0 amide bonds. The fourth-order valence-electron chi connectivity index (χ4n) is 2.15. The zero-order chi connectivity index (χ0) is 14.2. The van der Waals surface area contributed by atoms with Gasteiger partial charge in [-0.05, 0) is 37.5 Å². The fraction of sp³-hybridized carbons (Fsp3) is 0.538. The van der Waals surface area contributed by atoms with Crippen molar-refractivity contribution in [3.8, 4) is 0 Å². The van der Waals surface area contributed by atoms with Crippen molar-refractivity contribution >= 4 is 21.6 Å². The minimum atomic E-state index is -3.65. The van der Waals surface area contributed by atoms with E-state index in [2.05, 4.69) is 0 Å². The molecular formula is C13H17ClFNO2S. The second-order valence-corrected chi connectivity index (χ2v) is 7.17. The molecule has 0 saturated heterocycles. The first-order chi connectivity index (χ1) is 8.87. The lowest BCUT2D eigenvalue weighted by Gasteiger charge is -2.34. The minimum absolute atomic E-state index is 0.0255. The maximum atomic E-state index is 13.8. The van der Waals surface area contributed by atoms with E-state index in [0.29, 0.717) is 5.56 Å². The fourth-order valence-corrected chi connectivity index (χ4v) is 4.01. The van der Waals surface area contributed by atoms with Gasteiger partial charge in [0.25, 0.3) is 0 Å². The maximum absolute atomic E-state index is 13.8. The quantitative estimate of drug-likeness (QED) is 0.802. The Morgan fingerprint density at radius 3 is 2.53 bits per heavy atom. The Morgan fingerprint density at radius 1 is 1.42 bits per heavy atom. The SMILES string of the molecule is Cc1c(F)cc(CCl)cc1S(=O)(=O)N(C)C1CCC1. The van der Waals surface area contributed by atoms with E-state index in [1.54, 1.807) is 7.05 Å². The summed E-state index contributed by atoms with van der Waals surface area (Å²) in [6.07, 6.45) is 2.78. The highest BCUT2D eigenvalue weighted by molar-refractivity contribution is 7.89. The van der Waals surface area contributed by atoms with Gasteiger partial charge in [0.1, 0.15) is 5.82 Å². The van der Waals surface area contributed by atoms with Gasteiger partial charge in [-0.25, -0.2) is 12.8 Å². The van der Waals surface area contributed by atoms with Crippen LogP contribution in [0.4, 0.5) is 4.39 Å². The summed E-state index contributed by atoms with van der Waals surface area (Å²) in [6.45, 7) is 1.48. The van der Waals surface area contributed by atoms with Gasteiger partial charge in [0.05, 0.1) is 4.90 Å². The first-order valence-electron chi connectivity index (χ1n) is 6.21. The Balaban J connectivity index is 2.47. The molecule has 0 aromatic heterocycles. The second kappa shape index (κ2) is 5.38. The molecule has 0 bridgehead atoms. The van der Waals surface area contributed by atoms with E-state index in [1.165, 1.54) is 23.4 Å². The predicted molar refractivity (Wildman–Crippen MR) is 73.3 cm³/mol. The normalized spacial score (nSPS) is 16.7. The van der Waals surface area contributed by atoms with E-state index < -0.39 is 15.8 Å². The Labute approximate surface area is 118 Å². The van der Waals surface area contributed by atoms with Gasteiger partial charge in [-0.1, -0.05) is 6.42 Å². The molecule has 0 radical (unpaired) electrons. The highest BCUT2D eigenvalue weighted by Crippen LogP contribution is 2.31. The molecule has 3 nitrogen and oxygen atoms in total. The monoisotopic (exact) mass is 305 g/mol. The maximum Gasteiger partial charge on any atom is 0.243 e. The van der Waals surface area contributed by atoms with Crippen molar-refractivity contribution in [2.45, 2.75) is 43.0 Å². The zero-order valence-corrected chi connectivity index (χ0v) is 12.6. The third kappa shape index (κ3) is 2.64. The topological polar surface area (TPSA) is 37.4 Å². The minimum Gasteiger partial charge on any atom is -0.207 e. The van der Waals surface area contributed by atoms with Crippen molar-refractivity contribution in [2.24, 2.45) is 0 Å². The van der Waals surface area contributed by atoms with Crippen LogP contribution in [-0.2, 0) is 15.9 Å². The molecule has 2 rings (SSSR count). The summed E-state index contributed by atoms with van der Waals surface area (Å²) in [4.78, 5) is 0.0255. The molecule has 19 heavy (non-hydrogen) atoms. The molecule has 1 fully saturated rings. The summed E-state index contributed by atoms with van der Waals surface area (Å²) in [5, 5.41) is 0. The summed E-state index contributed by atoms with van der Waals surface area (Å²) in [7, 11) is -2.09. The molecule has 0 N–H and O–H groups in total. The highest BCUT2D eigenvalue weighted by atomic mass is 35.5. The molecule has 6 heteroatoms. The van der Waals surface area contributed by atoms with Gasteiger partial charge in [0.2, 0.25) is 10.0 Å². The predicted octanol–water partition coefficient (Wildman–Crippen LogP) is 3.05. The third-order valence-corrected chi connectivity index (χ3v) is 6.10. The van der Waals surface area contributed by atoms with Crippen LogP contribution in [0, 0.1) is 12.7 Å². The Morgan fingerprint density at radius 2 is 2.05 bits per heavy atom. The summed E-state index contributed by atoms with van der Waals surface area (Å²) >= 11 is 5.68. The van der Waals surface area contributed by atoms with Crippen molar-refractivity contribution < 1.29 is 12.8 Å². The van der Waals surface area contributed by atoms with E-state index in [9.17, 15) is 12.8 Å². The van der Waals surface area contributed by atoms with Crippen molar-refractivity contribution in [2.75, 3.05) is 7.05 Å². The van der Waals surface area contributed by atoms with Gasteiger partial charge in [-0.2, -0.15) is 4.31 Å². The van der Waals surface area contributed by atoms with Gasteiger partial charge >= 0.3 is 0 Å². The standard InChI is InChI=1S/C13H17ClFNO2S/c1-9-12(15)6-10(8-14)7-13(9)19(17,18)16(2)11-4-3-5-11/h6-7,11H,3-5,8H2,1-2H3. The van der Waals surface area contributed by atoms with Crippen LogP contribution in [0.1, 0.15) is 30.4 Å². The van der Waals surface area contributed by atoms with Crippen LogP contribution in [-0.4, -0.2) is 25.8 Å². The number of hydrogen-bond acceptors (Lipinski definition) is 2. The number of sulfonamides is 1. The molecule has 1 aliphatic carbocycles. The van der Waals surface area contributed by atoms with Gasteiger partial charge in [0.15, 0.2) is 0 Å². The molecule has 0 spiro atoms. The van der Waals surface area contributed by atoms with Gasteiger partial charge < -0.3 is 0 Å². The number of benzene rings is 1. The summed E-state index contributed by atoms with van der Waals surface area (Å²) in [5.41, 5.74) is 0.630. The van der Waals surface area contributed by atoms with E-state index >= 15 is 0 Å². The summed E-state index contributed by atoms with van der Waals surface area (Å²) in [5.74, 6) is -0.439. The van der Waals surface area contributed by atoms with Crippen LogP contribution < -0.4 is 0 Å². The Bertz CT molecular complexity index is 585. The van der Waals surface area contributed by atoms with Crippen LogP contribution in [0.5, 0.6) is 0 Å². The lowest BCUT2D eigenvalue weighted by molar-refractivity contribution is 0.249. The Hall–Kier alpha value is -0.650. The summed E-state index contributed by atoms with van der Waals surface area (Å²) in [6, 6.07) is 2.78. The van der Waals surface area contributed by atoms with Crippen molar-refractivity contribution in [3.63, 3.8) is 0 Å². The molecule has 1 aromatic carbocycles. The smallest absolute Gasteiger partial charge is 0.207 e. The molecular weight excluding hydrogens is 289 g/mol. The average molecular weight is 306 g/mol. The van der Waals surface area contributed by atoms with Crippen LogP contribution in [0.25, 0.3) is 0 Å². The molecule has 1 aliphatic rings. The van der Waals surface area contributed by atoms with Crippen LogP contribution in [0.2, 0.25) is 0 Å². The van der Waals surface area contributed by atoms with E-state index in [0.717, 1.165) is 19.3 Å². The lowest BCUT2D eigenvalue weighted by atomic mass is 9.94. The lowest BCUT2D eigenvalue weighted by Crippen LogP contribution is -2.41. The largest absolute Gasteiger partial charge is 0.243 e. The van der Waals surface area contributed by atoms with Crippen molar-refractivity contribution in [1.82, 2.24) is 4.31 Å². The van der Waals surface area contributed by atoms with E-state index in [1.807, 2.05) is 0 Å². The second-order valence-electron chi connectivity index (χ2n) is 4.94. The van der Waals surface area contributed by atoms with E-state index in [-0.39, 0.29) is 22.4 Å². The molecule has 0 atom stereocenters. The molecule has 1 aromatic rings. The molecule has 1 saturated carbocycles. The number of hydrogen-bond donors (Lipinski definition) is 0. The van der Waals surface area contributed by atoms with Gasteiger partial charge in [-0.3, -0.25) is 0 Å². The molecule has 0 unspecified atom stereocenters. The van der Waals surface area contributed by atoms with Crippen LogP contribution in [0.3, 0.4) is 0 Å². The third-order valence-electron chi connectivity index (χ3n) is 3.76. The van der Waals surface area contributed by atoms with E-state index in [4.69, 9.17) is 11.6 Å². The van der Waals surface area contributed by atoms with Crippen molar-refractivity contribution in [1.29, 1.82) is 0 Å². The van der Waals surface area contributed by atoms with Crippen LogP contribution >= 0.6 is 11.6 Å².